The lowest BCUT2D eigenvalue weighted by Crippen LogP contribution is -2.14. The molecule has 1 heterocycles. The molecule has 2 atom stereocenters. The fraction of sp³-hybridized carbons (Fsp3) is 0.357. The molecule has 6 heteroatoms. The highest BCUT2D eigenvalue weighted by Gasteiger charge is 2.19. The molecule has 2 N–H and O–H groups in total. The van der Waals surface area contributed by atoms with Gasteiger partial charge in [0.2, 0.25) is 0 Å². The number of halogens is 2. The van der Waals surface area contributed by atoms with Crippen LogP contribution < -0.4 is 0 Å². The number of H-pyrrole nitrogens is 1. The van der Waals surface area contributed by atoms with E-state index in [0.717, 1.165) is 17.7 Å². The molecule has 1 aromatic carbocycles. The number of hydrogen-bond donors (Lipinski definition) is 2. The topological polar surface area (TPSA) is 41.0 Å². The average molecular weight is 331 g/mol. The molecule has 0 saturated carbocycles. The second-order valence-electron chi connectivity index (χ2n) is 4.66. The Bertz CT molecular complexity index is 663. The number of nitrogens with zero attached hydrogens (tertiary/aromatic N) is 1. The van der Waals surface area contributed by atoms with Crippen LogP contribution in [-0.4, -0.2) is 14.7 Å². The summed E-state index contributed by atoms with van der Waals surface area (Å²) >= 11 is 17.4. The third-order valence-electron chi connectivity index (χ3n) is 3.30. The number of nitrogens with one attached hydrogen (secondary N) is 1. The van der Waals surface area contributed by atoms with Crippen LogP contribution in [0.15, 0.2) is 24.4 Å². The van der Waals surface area contributed by atoms with Crippen molar-refractivity contribution in [2.75, 3.05) is 0 Å². The average Bonchev–Trinajstić information content (AvgIpc) is 2.77. The van der Waals surface area contributed by atoms with Gasteiger partial charge in [0, 0.05) is 6.20 Å². The van der Waals surface area contributed by atoms with Gasteiger partial charge in [0.15, 0.2) is 4.77 Å². The number of imidazole rings is 1. The molecule has 2 aromatic rings. The molecule has 0 aliphatic carbocycles. The molecule has 0 spiro atoms. The van der Waals surface area contributed by atoms with E-state index in [-0.39, 0.29) is 6.04 Å². The van der Waals surface area contributed by atoms with Gasteiger partial charge in [-0.05, 0) is 43.3 Å². The minimum atomic E-state index is -0.597. The van der Waals surface area contributed by atoms with Crippen LogP contribution in [0.3, 0.4) is 0 Å². The molecule has 20 heavy (non-hydrogen) atoms. The molecular weight excluding hydrogens is 315 g/mol. The fourth-order valence-electron chi connectivity index (χ4n) is 2.32. The van der Waals surface area contributed by atoms with Gasteiger partial charge in [0.1, 0.15) is 0 Å². The molecule has 0 amide bonds. The van der Waals surface area contributed by atoms with Gasteiger partial charge < -0.3 is 14.7 Å². The van der Waals surface area contributed by atoms with Crippen molar-refractivity contribution >= 4 is 35.4 Å². The standard InChI is InChI=1S/C14H16Cl2N2OS/c1-3-12(9-4-5-10(15)11(16)6-9)18-13(8(2)19)7-17-14(18)20/h4-8,12,19H,3H2,1-2H3,(H,17,20). The molecule has 2 rings (SSSR count). The maximum absolute atomic E-state index is 9.87. The summed E-state index contributed by atoms with van der Waals surface area (Å²) in [6.07, 6.45) is 1.97. The lowest BCUT2D eigenvalue weighted by Gasteiger charge is -2.21. The fourth-order valence-corrected chi connectivity index (χ4v) is 2.92. The highest BCUT2D eigenvalue weighted by molar-refractivity contribution is 7.71. The van der Waals surface area contributed by atoms with E-state index in [1.54, 1.807) is 19.2 Å². The summed E-state index contributed by atoms with van der Waals surface area (Å²) in [5.41, 5.74) is 1.77. The third-order valence-corrected chi connectivity index (χ3v) is 4.35. The van der Waals surface area contributed by atoms with Crippen molar-refractivity contribution in [1.82, 2.24) is 9.55 Å². The first kappa shape index (κ1) is 15.6. The van der Waals surface area contributed by atoms with Gasteiger partial charge in [-0.3, -0.25) is 0 Å². The smallest absolute Gasteiger partial charge is 0.178 e. The Hall–Kier alpha value is -0.810. The summed E-state index contributed by atoms with van der Waals surface area (Å²) in [5.74, 6) is 0. The molecule has 0 radical (unpaired) electrons. The van der Waals surface area contributed by atoms with Crippen LogP contribution in [0, 0.1) is 4.77 Å². The van der Waals surface area contributed by atoms with E-state index < -0.39 is 6.10 Å². The molecule has 0 aliphatic heterocycles. The maximum atomic E-state index is 9.87. The van der Waals surface area contributed by atoms with Crippen molar-refractivity contribution in [3.63, 3.8) is 0 Å². The third kappa shape index (κ3) is 2.93. The first-order valence-electron chi connectivity index (χ1n) is 6.38. The van der Waals surface area contributed by atoms with Crippen LogP contribution >= 0.6 is 35.4 Å². The monoisotopic (exact) mass is 330 g/mol. The zero-order valence-corrected chi connectivity index (χ0v) is 13.6. The van der Waals surface area contributed by atoms with Crippen LogP contribution in [0.1, 0.15) is 43.7 Å². The van der Waals surface area contributed by atoms with E-state index in [0.29, 0.717) is 14.8 Å². The Morgan fingerprint density at radius 1 is 1.35 bits per heavy atom. The highest BCUT2D eigenvalue weighted by atomic mass is 35.5. The van der Waals surface area contributed by atoms with Crippen LogP contribution in [-0.2, 0) is 0 Å². The van der Waals surface area contributed by atoms with E-state index in [4.69, 9.17) is 35.4 Å². The van der Waals surface area contributed by atoms with Gasteiger partial charge >= 0.3 is 0 Å². The van der Waals surface area contributed by atoms with E-state index >= 15 is 0 Å². The number of hydrogen-bond acceptors (Lipinski definition) is 2. The first-order valence-corrected chi connectivity index (χ1v) is 7.55. The summed E-state index contributed by atoms with van der Waals surface area (Å²) < 4.78 is 2.51. The van der Waals surface area contributed by atoms with Crippen molar-refractivity contribution in [2.24, 2.45) is 0 Å². The number of aromatic amines is 1. The molecule has 108 valence electrons. The lowest BCUT2D eigenvalue weighted by atomic mass is 10.0. The van der Waals surface area contributed by atoms with E-state index in [1.165, 1.54) is 0 Å². The van der Waals surface area contributed by atoms with Crippen molar-refractivity contribution in [1.29, 1.82) is 0 Å². The second kappa shape index (κ2) is 6.31. The summed E-state index contributed by atoms with van der Waals surface area (Å²) in [6, 6.07) is 5.56. The number of benzene rings is 1. The van der Waals surface area contributed by atoms with Gasteiger partial charge in [-0.2, -0.15) is 0 Å². The predicted molar refractivity (Wildman–Crippen MR) is 85.1 cm³/mol. The number of aromatic nitrogens is 2. The Kier molecular flexibility index (Phi) is 4.91. The molecule has 0 aliphatic rings. The summed E-state index contributed by atoms with van der Waals surface area (Å²) in [4.78, 5) is 2.99. The summed E-state index contributed by atoms with van der Waals surface area (Å²) in [6.45, 7) is 3.78. The van der Waals surface area contributed by atoms with Crippen molar-refractivity contribution in [3.8, 4) is 0 Å². The van der Waals surface area contributed by atoms with Crippen LogP contribution in [0.2, 0.25) is 10.0 Å². The Labute approximate surface area is 133 Å². The SMILES string of the molecule is CCC(c1ccc(Cl)c(Cl)c1)n1c(C(C)O)c[nH]c1=S. The van der Waals surface area contributed by atoms with Crippen LogP contribution in [0.4, 0.5) is 0 Å². The Morgan fingerprint density at radius 3 is 2.60 bits per heavy atom. The van der Waals surface area contributed by atoms with Crippen LogP contribution in [0.25, 0.3) is 0 Å². The van der Waals surface area contributed by atoms with Gasteiger partial charge in [0.05, 0.1) is 27.9 Å². The van der Waals surface area contributed by atoms with Crippen LogP contribution in [0.5, 0.6) is 0 Å². The molecule has 1 aromatic heterocycles. The highest BCUT2D eigenvalue weighted by Crippen LogP contribution is 2.31. The number of aliphatic hydroxyl groups is 1. The van der Waals surface area contributed by atoms with Crippen molar-refractivity contribution < 1.29 is 5.11 Å². The minimum Gasteiger partial charge on any atom is -0.387 e. The molecule has 3 nitrogen and oxygen atoms in total. The quantitative estimate of drug-likeness (QED) is 0.782. The van der Waals surface area contributed by atoms with Gasteiger partial charge in [-0.25, -0.2) is 0 Å². The lowest BCUT2D eigenvalue weighted by molar-refractivity contribution is 0.187. The summed E-state index contributed by atoms with van der Waals surface area (Å²) in [7, 11) is 0. The molecule has 0 fully saturated rings. The number of rotatable bonds is 4. The zero-order valence-electron chi connectivity index (χ0n) is 11.2. The molecule has 2 unspecified atom stereocenters. The Morgan fingerprint density at radius 2 is 2.05 bits per heavy atom. The predicted octanol–water partition coefficient (Wildman–Crippen LogP) is 4.91. The van der Waals surface area contributed by atoms with E-state index in [9.17, 15) is 5.11 Å². The second-order valence-corrected chi connectivity index (χ2v) is 5.86. The van der Waals surface area contributed by atoms with E-state index in [2.05, 4.69) is 11.9 Å². The van der Waals surface area contributed by atoms with Gasteiger partial charge in [-0.1, -0.05) is 36.2 Å². The summed E-state index contributed by atoms with van der Waals surface area (Å²) in [5, 5.41) is 10.9. The minimum absolute atomic E-state index is 0.00752. The molecular formula is C14H16Cl2N2OS. The van der Waals surface area contributed by atoms with Crippen molar-refractivity contribution in [2.45, 2.75) is 32.4 Å². The zero-order chi connectivity index (χ0) is 14.9. The molecule has 0 bridgehead atoms. The Balaban J connectivity index is 2.55. The first-order chi connectivity index (χ1) is 9.45. The van der Waals surface area contributed by atoms with Gasteiger partial charge in [0.25, 0.3) is 0 Å². The van der Waals surface area contributed by atoms with Gasteiger partial charge in [-0.15, -0.1) is 0 Å². The maximum Gasteiger partial charge on any atom is 0.178 e. The largest absolute Gasteiger partial charge is 0.387 e. The van der Waals surface area contributed by atoms with E-state index in [1.807, 2.05) is 16.7 Å². The molecule has 0 saturated heterocycles. The number of aliphatic hydroxyl groups excluding tert-OH is 1. The van der Waals surface area contributed by atoms with Crippen molar-refractivity contribution in [3.05, 3.63) is 50.5 Å². The normalized spacial score (nSPS) is 14.2.